The van der Waals surface area contributed by atoms with E-state index in [-0.39, 0.29) is 5.41 Å². The summed E-state index contributed by atoms with van der Waals surface area (Å²) >= 11 is 0. The molecule has 1 saturated carbocycles. The number of aromatic amines is 1. The van der Waals surface area contributed by atoms with Gasteiger partial charge in [0.1, 0.15) is 11.5 Å². The fourth-order valence-electron chi connectivity index (χ4n) is 6.09. The van der Waals surface area contributed by atoms with E-state index in [2.05, 4.69) is 57.1 Å². The predicted octanol–water partition coefficient (Wildman–Crippen LogP) is 5.33. The first-order chi connectivity index (χ1) is 18.5. The second kappa shape index (κ2) is 8.84. The van der Waals surface area contributed by atoms with Crippen LogP contribution in [0.5, 0.6) is 0 Å². The Labute approximate surface area is 222 Å². The molecule has 7 rings (SSSR count). The molecular weight excluding hydrogens is 472 g/mol. The highest BCUT2D eigenvalue weighted by atomic mass is 15.2. The van der Waals surface area contributed by atoms with E-state index in [0.717, 1.165) is 64.1 Å². The van der Waals surface area contributed by atoms with Crippen molar-refractivity contribution in [1.82, 2.24) is 35.2 Å². The average molecular weight is 505 g/mol. The largest absolute Gasteiger partial charge is 0.355 e. The molecule has 38 heavy (non-hydrogen) atoms. The van der Waals surface area contributed by atoms with Crippen molar-refractivity contribution < 1.29 is 0 Å². The van der Waals surface area contributed by atoms with Crippen LogP contribution in [0.15, 0.2) is 55.2 Å². The number of fused-ring (bicyclic) bond motifs is 2. The summed E-state index contributed by atoms with van der Waals surface area (Å²) in [6.45, 7) is 6.69. The first kappa shape index (κ1) is 23.2. The summed E-state index contributed by atoms with van der Waals surface area (Å²) in [5.41, 5.74) is 6.05. The van der Waals surface area contributed by atoms with E-state index in [4.69, 9.17) is 9.97 Å². The molecule has 5 aromatic rings. The maximum absolute atomic E-state index is 5.33. The number of H-pyrrole nitrogens is 1. The zero-order chi connectivity index (χ0) is 25.9. The molecule has 1 unspecified atom stereocenters. The molecule has 8 heteroatoms. The molecule has 0 bridgehead atoms. The second-order valence-corrected chi connectivity index (χ2v) is 11.4. The standard InChI is InChI=1S/C30H32N8/c1-30(2)17-32-11-9-25(30)38(3)29-26-22(18-6-7-18)15-33-16-24(26)36-28(37-29)20-8-12-34-27-21(20)13-23(35-27)19-5-4-10-31-14-19/h4-5,8,10,12-16,18,25,32H,6-7,9,11,17H2,1-3H3,(H,34,35). The third-order valence-corrected chi connectivity index (χ3v) is 8.26. The SMILES string of the molecule is CN(c1nc(-c2ccnc3[nH]c(-c4cccnc4)cc23)nc2cncc(C3CC3)c12)C1CCNCC1(C)C. The van der Waals surface area contributed by atoms with Gasteiger partial charge in [-0.2, -0.15) is 0 Å². The topological polar surface area (TPSA) is 95.5 Å². The van der Waals surface area contributed by atoms with Crippen LogP contribution in [0.4, 0.5) is 5.82 Å². The summed E-state index contributed by atoms with van der Waals surface area (Å²) in [7, 11) is 2.21. The molecule has 0 radical (unpaired) electrons. The Kier molecular flexibility index (Phi) is 5.40. The van der Waals surface area contributed by atoms with Crippen LogP contribution in [-0.2, 0) is 0 Å². The van der Waals surface area contributed by atoms with E-state index in [1.165, 1.54) is 18.4 Å². The van der Waals surface area contributed by atoms with Gasteiger partial charge in [0.05, 0.1) is 11.7 Å². The number of anilines is 1. The molecule has 2 aliphatic rings. The monoisotopic (exact) mass is 504 g/mol. The van der Waals surface area contributed by atoms with Crippen molar-refractivity contribution in [2.24, 2.45) is 5.41 Å². The Hall–Kier alpha value is -3.91. The minimum absolute atomic E-state index is 0.112. The number of piperidine rings is 1. The smallest absolute Gasteiger partial charge is 0.163 e. The summed E-state index contributed by atoms with van der Waals surface area (Å²) < 4.78 is 0. The molecule has 6 heterocycles. The van der Waals surface area contributed by atoms with E-state index in [1.54, 1.807) is 6.20 Å². The number of pyridine rings is 3. The average Bonchev–Trinajstić information content (AvgIpc) is 3.69. The fraction of sp³-hybridized carbons (Fsp3) is 0.367. The van der Waals surface area contributed by atoms with Crippen LogP contribution in [-0.4, -0.2) is 56.1 Å². The molecule has 0 aromatic carbocycles. The summed E-state index contributed by atoms with van der Waals surface area (Å²) in [6, 6.07) is 8.48. The number of nitrogens with one attached hydrogen (secondary N) is 2. The maximum atomic E-state index is 5.33. The molecule has 1 saturated heterocycles. The lowest BCUT2D eigenvalue weighted by atomic mass is 9.79. The van der Waals surface area contributed by atoms with Crippen LogP contribution in [0, 0.1) is 5.41 Å². The zero-order valence-corrected chi connectivity index (χ0v) is 22.1. The highest BCUT2D eigenvalue weighted by molar-refractivity contribution is 5.98. The van der Waals surface area contributed by atoms with Gasteiger partial charge in [0.2, 0.25) is 0 Å². The van der Waals surface area contributed by atoms with E-state index >= 15 is 0 Å². The molecule has 2 N–H and O–H groups in total. The van der Waals surface area contributed by atoms with E-state index in [0.29, 0.717) is 17.8 Å². The van der Waals surface area contributed by atoms with Crippen LogP contribution >= 0.6 is 0 Å². The minimum atomic E-state index is 0.112. The minimum Gasteiger partial charge on any atom is -0.355 e. The van der Waals surface area contributed by atoms with Crippen LogP contribution < -0.4 is 10.2 Å². The first-order valence-corrected chi connectivity index (χ1v) is 13.5. The van der Waals surface area contributed by atoms with E-state index in [9.17, 15) is 0 Å². The van der Waals surface area contributed by atoms with Crippen LogP contribution in [0.25, 0.3) is 44.6 Å². The summed E-state index contributed by atoms with van der Waals surface area (Å²) in [5.74, 6) is 2.25. The normalized spacial score (nSPS) is 19.2. The van der Waals surface area contributed by atoms with E-state index < -0.39 is 0 Å². The van der Waals surface area contributed by atoms with Gasteiger partial charge in [-0.3, -0.25) is 9.97 Å². The van der Waals surface area contributed by atoms with Gasteiger partial charge in [-0.05, 0) is 67.0 Å². The fourth-order valence-corrected chi connectivity index (χ4v) is 6.09. The van der Waals surface area contributed by atoms with Gasteiger partial charge in [-0.1, -0.05) is 13.8 Å². The third kappa shape index (κ3) is 3.91. The van der Waals surface area contributed by atoms with Gasteiger partial charge in [-0.25, -0.2) is 15.0 Å². The Bertz CT molecular complexity index is 1640. The molecule has 0 spiro atoms. The molecule has 192 valence electrons. The van der Waals surface area contributed by atoms with Crippen molar-refractivity contribution in [3.63, 3.8) is 0 Å². The Morgan fingerprint density at radius 2 is 1.89 bits per heavy atom. The van der Waals surface area contributed by atoms with E-state index in [1.807, 2.05) is 43.0 Å². The van der Waals surface area contributed by atoms with Crippen LogP contribution in [0.2, 0.25) is 0 Å². The summed E-state index contributed by atoms with van der Waals surface area (Å²) in [5, 5.41) is 5.72. The summed E-state index contributed by atoms with van der Waals surface area (Å²) in [4.78, 5) is 29.8. The van der Waals surface area contributed by atoms with Gasteiger partial charge in [0.25, 0.3) is 0 Å². The van der Waals surface area contributed by atoms with Crippen molar-refractivity contribution in [2.75, 3.05) is 25.0 Å². The van der Waals surface area contributed by atoms with Gasteiger partial charge in [-0.15, -0.1) is 0 Å². The Balaban J connectivity index is 1.43. The molecular formula is C30H32N8. The van der Waals surface area contributed by atoms with Crippen molar-refractivity contribution in [3.8, 4) is 22.6 Å². The maximum Gasteiger partial charge on any atom is 0.163 e. The molecule has 5 aromatic heterocycles. The lowest BCUT2D eigenvalue weighted by molar-refractivity contribution is 0.215. The van der Waals surface area contributed by atoms with Crippen LogP contribution in [0.1, 0.15) is 44.6 Å². The Morgan fingerprint density at radius 3 is 2.68 bits per heavy atom. The van der Waals surface area contributed by atoms with Crippen molar-refractivity contribution in [1.29, 1.82) is 0 Å². The quantitative estimate of drug-likeness (QED) is 0.334. The van der Waals surface area contributed by atoms with Crippen molar-refractivity contribution in [3.05, 3.63) is 60.8 Å². The zero-order valence-electron chi connectivity index (χ0n) is 22.1. The Morgan fingerprint density at radius 1 is 1.00 bits per heavy atom. The molecule has 8 nitrogen and oxygen atoms in total. The molecule has 2 fully saturated rings. The van der Waals surface area contributed by atoms with Crippen LogP contribution in [0.3, 0.4) is 0 Å². The molecule has 0 amide bonds. The molecule has 1 aliphatic carbocycles. The van der Waals surface area contributed by atoms with Gasteiger partial charge in [0, 0.05) is 72.0 Å². The predicted molar refractivity (Wildman–Crippen MR) is 151 cm³/mol. The highest BCUT2D eigenvalue weighted by Gasteiger charge is 2.37. The first-order valence-electron chi connectivity index (χ1n) is 13.5. The number of nitrogens with zero attached hydrogens (tertiary/aromatic N) is 6. The van der Waals surface area contributed by atoms with Gasteiger partial charge < -0.3 is 15.2 Å². The molecule has 1 aliphatic heterocycles. The van der Waals surface area contributed by atoms with Crippen molar-refractivity contribution in [2.45, 2.75) is 45.1 Å². The lowest BCUT2D eigenvalue weighted by Gasteiger charge is -2.45. The number of hydrogen-bond acceptors (Lipinski definition) is 7. The lowest BCUT2D eigenvalue weighted by Crippen LogP contribution is -2.53. The second-order valence-electron chi connectivity index (χ2n) is 11.4. The number of rotatable bonds is 5. The van der Waals surface area contributed by atoms with Crippen molar-refractivity contribution >= 4 is 27.8 Å². The number of hydrogen-bond donors (Lipinski definition) is 2. The summed E-state index contributed by atoms with van der Waals surface area (Å²) in [6.07, 6.45) is 12.9. The van der Waals surface area contributed by atoms with Gasteiger partial charge in [0.15, 0.2) is 5.82 Å². The highest BCUT2D eigenvalue weighted by Crippen LogP contribution is 2.46. The third-order valence-electron chi connectivity index (χ3n) is 8.26. The molecule has 1 atom stereocenters. The number of aromatic nitrogens is 6. The van der Waals surface area contributed by atoms with Gasteiger partial charge >= 0.3 is 0 Å².